The van der Waals surface area contributed by atoms with Crippen molar-refractivity contribution in [3.63, 3.8) is 0 Å². The van der Waals surface area contributed by atoms with Crippen molar-refractivity contribution >= 4 is 5.78 Å². The Bertz CT molecular complexity index is 339. The summed E-state index contributed by atoms with van der Waals surface area (Å²) in [5, 5.41) is 0. The summed E-state index contributed by atoms with van der Waals surface area (Å²) in [5.41, 5.74) is 4.71. The molecule has 1 aromatic rings. The molecule has 1 heterocycles. The average molecular weight is 200 g/mol. The van der Waals surface area contributed by atoms with E-state index in [1.54, 1.807) is 0 Å². The number of halogens is 2. The minimum atomic E-state index is -2.76. The van der Waals surface area contributed by atoms with E-state index in [-0.39, 0.29) is 5.56 Å². The van der Waals surface area contributed by atoms with Crippen molar-refractivity contribution in [3.8, 4) is 0 Å². The van der Waals surface area contributed by atoms with E-state index in [0.717, 1.165) is 0 Å². The molecular weight excluding hydrogens is 190 g/mol. The van der Waals surface area contributed by atoms with Gasteiger partial charge in [-0.1, -0.05) is 0 Å². The lowest BCUT2D eigenvalue weighted by Gasteiger charge is -2.08. The highest BCUT2D eigenvalue weighted by Crippen LogP contribution is 2.20. The maximum atomic E-state index is 12.4. The van der Waals surface area contributed by atoms with E-state index in [4.69, 9.17) is 5.73 Å². The molecule has 0 radical (unpaired) electrons. The van der Waals surface area contributed by atoms with Crippen molar-refractivity contribution in [2.45, 2.75) is 19.4 Å². The van der Waals surface area contributed by atoms with Crippen LogP contribution in [0.3, 0.4) is 0 Å². The van der Waals surface area contributed by atoms with Gasteiger partial charge in [-0.15, -0.1) is 0 Å². The van der Waals surface area contributed by atoms with E-state index in [1.807, 2.05) is 0 Å². The van der Waals surface area contributed by atoms with Gasteiger partial charge in [0.25, 0.3) is 6.43 Å². The van der Waals surface area contributed by atoms with Crippen LogP contribution in [0, 0.1) is 0 Å². The Hall–Kier alpha value is -1.36. The summed E-state index contributed by atoms with van der Waals surface area (Å²) >= 11 is 0. The van der Waals surface area contributed by atoms with Gasteiger partial charge in [-0.25, -0.2) is 8.78 Å². The van der Waals surface area contributed by atoms with Gasteiger partial charge < -0.3 is 5.73 Å². The smallest absolute Gasteiger partial charge is 0.281 e. The van der Waals surface area contributed by atoms with Gasteiger partial charge in [-0.3, -0.25) is 9.78 Å². The molecule has 3 nitrogen and oxygen atoms in total. The number of ketones is 1. The van der Waals surface area contributed by atoms with Crippen LogP contribution >= 0.6 is 0 Å². The molecule has 0 amide bonds. The lowest BCUT2D eigenvalue weighted by Crippen LogP contribution is -2.27. The average Bonchev–Trinajstić information content (AvgIpc) is 2.16. The number of pyridine rings is 1. The molecule has 1 aromatic heterocycles. The lowest BCUT2D eigenvalue weighted by atomic mass is 10.0. The van der Waals surface area contributed by atoms with Gasteiger partial charge in [0.15, 0.2) is 5.78 Å². The second kappa shape index (κ2) is 4.23. The topological polar surface area (TPSA) is 56.0 Å². The van der Waals surface area contributed by atoms with E-state index < -0.39 is 23.9 Å². The highest BCUT2D eigenvalue weighted by atomic mass is 19.3. The number of carbonyl (C=O) groups excluding carboxylic acids is 1. The summed E-state index contributed by atoms with van der Waals surface area (Å²) in [6.45, 7) is 1.45. The number of alkyl halides is 2. The number of rotatable bonds is 3. The molecule has 1 atom stereocenters. The largest absolute Gasteiger partial charge is 0.321 e. The lowest BCUT2D eigenvalue weighted by molar-refractivity contribution is 0.0951. The molecule has 0 aliphatic heterocycles. The van der Waals surface area contributed by atoms with Gasteiger partial charge in [-0.05, 0) is 19.1 Å². The minimum Gasteiger partial charge on any atom is -0.321 e. The molecule has 5 heteroatoms. The summed E-state index contributed by atoms with van der Waals surface area (Å²) in [6, 6.07) is 1.94. The predicted molar refractivity (Wildman–Crippen MR) is 47.2 cm³/mol. The van der Waals surface area contributed by atoms with Crippen molar-refractivity contribution in [2.24, 2.45) is 5.73 Å². The maximum absolute atomic E-state index is 12.4. The van der Waals surface area contributed by atoms with Crippen LogP contribution in [0.2, 0.25) is 0 Å². The van der Waals surface area contributed by atoms with Crippen molar-refractivity contribution in [1.29, 1.82) is 0 Å². The van der Waals surface area contributed by atoms with Gasteiger partial charge in [-0.2, -0.15) is 0 Å². The van der Waals surface area contributed by atoms with E-state index >= 15 is 0 Å². The summed E-state index contributed by atoms with van der Waals surface area (Å²) in [5.74, 6) is -0.520. The van der Waals surface area contributed by atoms with E-state index in [1.165, 1.54) is 25.3 Å². The number of hydrogen-bond acceptors (Lipinski definition) is 3. The number of nitrogens with two attached hydrogens (primary N) is 1. The summed E-state index contributed by atoms with van der Waals surface area (Å²) in [6.07, 6.45) is -1.53. The maximum Gasteiger partial charge on any atom is 0.281 e. The first kappa shape index (κ1) is 10.7. The van der Waals surface area contributed by atoms with Crippen LogP contribution in [-0.2, 0) is 0 Å². The van der Waals surface area contributed by atoms with Gasteiger partial charge in [0.1, 0.15) is 5.69 Å². The molecule has 0 saturated carbocycles. The highest BCUT2D eigenvalue weighted by Gasteiger charge is 2.21. The van der Waals surface area contributed by atoms with Crippen LogP contribution in [-0.4, -0.2) is 16.8 Å². The van der Waals surface area contributed by atoms with E-state index in [0.29, 0.717) is 0 Å². The first-order valence-electron chi connectivity index (χ1n) is 4.07. The molecule has 14 heavy (non-hydrogen) atoms. The third-order valence-corrected chi connectivity index (χ3v) is 1.72. The third-order valence-electron chi connectivity index (χ3n) is 1.72. The molecule has 0 aromatic carbocycles. The van der Waals surface area contributed by atoms with Gasteiger partial charge >= 0.3 is 0 Å². The standard InChI is InChI=1S/C9H10F2N2O/c1-5(12)8(14)6-3-2-4-13-7(6)9(10)11/h2-5,9H,12H2,1H3. The first-order chi connectivity index (χ1) is 6.54. The van der Waals surface area contributed by atoms with Gasteiger partial charge in [0, 0.05) is 11.8 Å². The molecule has 0 aliphatic carbocycles. The first-order valence-corrected chi connectivity index (χ1v) is 4.07. The SMILES string of the molecule is CC(N)C(=O)c1cccnc1C(F)F. The Morgan fingerprint density at radius 3 is 2.71 bits per heavy atom. The molecule has 1 unspecified atom stereocenters. The molecular formula is C9H10F2N2O. The highest BCUT2D eigenvalue weighted by molar-refractivity contribution is 6.00. The molecule has 0 saturated heterocycles. The quantitative estimate of drug-likeness (QED) is 0.753. The van der Waals surface area contributed by atoms with Crippen molar-refractivity contribution < 1.29 is 13.6 Å². The number of Topliss-reactive ketones (excluding diaryl/α,β-unsaturated/α-hetero) is 1. The summed E-state index contributed by atoms with van der Waals surface area (Å²) in [7, 11) is 0. The number of aromatic nitrogens is 1. The normalized spacial score (nSPS) is 12.9. The molecule has 2 N–H and O–H groups in total. The molecule has 0 aliphatic rings. The number of carbonyl (C=O) groups is 1. The fourth-order valence-corrected chi connectivity index (χ4v) is 1.05. The van der Waals surface area contributed by atoms with E-state index in [9.17, 15) is 13.6 Å². The fraction of sp³-hybridized carbons (Fsp3) is 0.333. The van der Waals surface area contributed by atoms with Crippen LogP contribution in [0.1, 0.15) is 29.4 Å². The second-order valence-corrected chi connectivity index (χ2v) is 2.89. The van der Waals surface area contributed by atoms with Crippen LogP contribution in [0.25, 0.3) is 0 Å². The minimum absolute atomic E-state index is 0.0995. The molecule has 1 rings (SSSR count). The zero-order chi connectivity index (χ0) is 10.7. The molecule has 0 spiro atoms. The van der Waals surface area contributed by atoms with Crippen LogP contribution in [0.4, 0.5) is 8.78 Å². The Balaban J connectivity index is 3.13. The van der Waals surface area contributed by atoms with Crippen molar-refractivity contribution in [1.82, 2.24) is 4.98 Å². The Morgan fingerprint density at radius 2 is 2.21 bits per heavy atom. The van der Waals surface area contributed by atoms with Crippen molar-refractivity contribution in [3.05, 3.63) is 29.6 Å². The molecule has 0 bridgehead atoms. The monoisotopic (exact) mass is 200 g/mol. The zero-order valence-electron chi connectivity index (χ0n) is 7.58. The predicted octanol–water partition coefficient (Wildman–Crippen LogP) is 1.55. The van der Waals surface area contributed by atoms with Crippen LogP contribution in [0.5, 0.6) is 0 Å². The Labute approximate surface area is 79.9 Å². The molecule has 76 valence electrons. The van der Waals surface area contributed by atoms with Gasteiger partial charge in [0.05, 0.1) is 6.04 Å². The third kappa shape index (κ3) is 2.11. The Kier molecular flexibility index (Phi) is 3.24. The number of hydrogen-bond donors (Lipinski definition) is 1. The zero-order valence-corrected chi connectivity index (χ0v) is 7.58. The Morgan fingerprint density at radius 1 is 1.57 bits per heavy atom. The van der Waals surface area contributed by atoms with Crippen LogP contribution < -0.4 is 5.73 Å². The summed E-state index contributed by atoms with van der Waals surface area (Å²) in [4.78, 5) is 14.8. The van der Waals surface area contributed by atoms with Gasteiger partial charge in [0.2, 0.25) is 0 Å². The molecule has 0 fully saturated rings. The second-order valence-electron chi connectivity index (χ2n) is 2.89. The number of nitrogens with zero attached hydrogens (tertiary/aromatic N) is 1. The van der Waals surface area contributed by atoms with Crippen molar-refractivity contribution in [2.75, 3.05) is 0 Å². The van der Waals surface area contributed by atoms with E-state index in [2.05, 4.69) is 4.98 Å². The fourth-order valence-electron chi connectivity index (χ4n) is 1.05. The summed E-state index contributed by atoms with van der Waals surface area (Å²) < 4.78 is 24.8. The van der Waals surface area contributed by atoms with Crippen LogP contribution in [0.15, 0.2) is 18.3 Å².